The lowest BCUT2D eigenvalue weighted by atomic mass is 9.85. The Bertz CT molecular complexity index is 318. The predicted molar refractivity (Wildman–Crippen MR) is 53.8 cm³/mol. The largest absolute Gasteiger partial charge is 0.393 e. The van der Waals surface area contributed by atoms with Crippen LogP contribution in [0.1, 0.15) is 33.6 Å². The molecule has 3 atom stereocenters. The Labute approximate surface area is 89.3 Å². The van der Waals surface area contributed by atoms with Crippen molar-refractivity contribution in [3.8, 4) is 0 Å². The number of hydrogen-bond donors (Lipinski definition) is 1. The van der Waals surface area contributed by atoms with E-state index >= 15 is 0 Å². The number of carbonyl (C=O) groups excluding carboxylic acids is 2. The smallest absolute Gasteiger partial charge is 0.234 e. The molecule has 1 saturated carbocycles. The van der Waals surface area contributed by atoms with Crippen LogP contribution in [0.15, 0.2) is 0 Å². The molecule has 1 N–H and O–H groups in total. The van der Waals surface area contributed by atoms with Gasteiger partial charge in [-0.2, -0.15) is 0 Å². The first-order valence-electron chi connectivity index (χ1n) is 5.38. The van der Waals surface area contributed by atoms with Gasteiger partial charge < -0.3 is 5.11 Å². The van der Waals surface area contributed by atoms with Crippen molar-refractivity contribution in [1.82, 2.24) is 4.90 Å². The second-order valence-electron chi connectivity index (χ2n) is 5.56. The lowest BCUT2D eigenvalue weighted by Gasteiger charge is -2.44. The highest BCUT2D eigenvalue weighted by atomic mass is 16.3. The maximum atomic E-state index is 11.9. The van der Waals surface area contributed by atoms with Crippen molar-refractivity contribution in [2.24, 2.45) is 11.3 Å². The summed E-state index contributed by atoms with van der Waals surface area (Å²) in [6.45, 7) is 5.42. The number of amides is 2. The average Bonchev–Trinajstić information content (AvgIpc) is 2.42. The third-order valence-electron chi connectivity index (χ3n) is 3.25. The molecule has 2 aliphatic rings. The molecule has 1 aliphatic carbocycles. The van der Waals surface area contributed by atoms with Crippen molar-refractivity contribution >= 4 is 11.8 Å². The summed E-state index contributed by atoms with van der Waals surface area (Å²) in [6, 6.07) is -0.0424. The molecule has 1 aliphatic heterocycles. The van der Waals surface area contributed by atoms with E-state index in [1.165, 1.54) is 4.90 Å². The Morgan fingerprint density at radius 1 is 1.40 bits per heavy atom. The average molecular weight is 211 g/mol. The fourth-order valence-corrected chi connectivity index (χ4v) is 2.41. The van der Waals surface area contributed by atoms with E-state index in [0.717, 1.165) is 0 Å². The number of hydrogen-bond acceptors (Lipinski definition) is 3. The van der Waals surface area contributed by atoms with Crippen molar-refractivity contribution in [3.63, 3.8) is 0 Å². The second-order valence-corrected chi connectivity index (χ2v) is 5.56. The molecule has 0 aromatic rings. The van der Waals surface area contributed by atoms with Crippen LogP contribution in [0, 0.1) is 11.3 Å². The van der Waals surface area contributed by atoms with Gasteiger partial charge in [0.15, 0.2) is 0 Å². The first-order chi connectivity index (χ1) is 6.82. The van der Waals surface area contributed by atoms with Crippen LogP contribution in [0.4, 0.5) is 0 Å². The van der Waals surface area contributed by atoms with Gasteiger partial charge in [-0.15, -0.1) is 0 Å². The first-order valence-corrected chi connectivity index (χ1v) is 5.38. The van der Waals surface area contributed by atoms with Gasteiger partial charge in [-0.3, -0.25) is 14.5 Å². The number of aliphatic hydroxyl groups excluding tert-OH is 1. The number of fused-ring (bicyclic) bond motifs is 1. The summed E-state index contributed by atoms with van der Waals surface area (Å²) in [5.41, 5.74) is -0.520. The van der Waals surface area contributed by atoms with Gasteiger partial charge in [-0.05, 0) is 12.8 Å². The maximum Gasteiger partial charge on any atom is 0.234 e. The lowest BCUT2D eigenvalue weighted by molar-refractivity contribution is -0.168. The summed E-state index contributed by atoms with van der Waals surface area (Å²) in [5, 5.41) is 9.44. The highest BCUT2D eigenvalue weighted by Crippen LogP contribution is 2.42. The van der Waals surface area contributed by atoms with Gasteiger partial charge in [0.2, 0.25) is 11.8 Å². The molecule has 15 heavy (non-hydrogen) atoms. The van der Waals surface area contributed by atoms with E-state index in [1.807, 2.05) is 0 Å². The molecule has 1 heterocycles. The van der Waals surface area contributed by atoms with Crippen molar-refractivity contribution in [3.05, 3.63) is 0 Å². The zero-order chi connectivity index (χ0) is 11.4. The third-order valence-corrected chi connectivity index (χ3v) is 3.25. The molecular formula is C11H17NO3. The minimum absolute atomic E-state index is 0.0424. The molecule has 2 rings (SSSR count). The van der Waals surface area contributed by atoms with Crippen LogP contribution in [0.2, 0.25) is 0 Å². The standard InChI is InChI=1S/C11H17NO3/c1-11(2,3)10(15)12-8-5-6(13)4-7(8)9(12)14/h6-8,13H,4-5H2,1-3H3. The summed E-state index contributed by atoms with van der Waals surface area (Å²) < 4.78 is 0. The van der Waals surface area contributed by atoms with E-state index in [-0.39, 0.29) is 23.8 Å². The lowest BCUT2D eigenvalue weighted by Crippen LogP contribution is -2.63. The molecule has 1 saturated heterocycles. The molecule has 4 heteroatoms. The Balaban J connectivity index is 2.14. The maximum absolute atomic E-state index is 11.9. The zero-order valence-corrected chi connectivity index (χ0v) is 9.36. The van der Waals surface area contributed by atoms with Gasteiger partial charge in [0, 0.05) is 5.41 Å². The number of imide groups is 1. The molecule has 84 valence electrons. The number of nitrogens with zero attached hydrogens (tertiary/aromatic N) is 1. The van der Waals surface area contributed by atoms with Crippen LogP contribution in [0.25, 0.3) is 0 Å². The number of carbonyl (C=O) groups is 2. The normalized spacial score (nSPS) is 35.1. The van der Waals surface area contributed by atoms with E-state index in [4.69, 9.17) is 0 Å². The molecule has 3 unspecified atom stereocenters. The quantitative estimate of drug-likeness (QED) is 0.595. The summed E-state index contributed by atoms with van der Waals surface area (Å²) >= 11 is 0. The van der Waals surface area contributed by atoms with Crippen LogP contribution in [0.5, 0.6) is 0 Å². The topological polar surface area (TPSA) is 57.6 Å². The fourth-order valence-electron chi connectivity index (χ4n) is 2.41. The number of rotatable bonds is 0. The summed E-state index contributed by atoms with van der Waals surface area (Å²) in [4.78, 5) is 24.9. The van der Waals surface area contributed by atoms with Crippen LogP contribution in [-0.4, -0.2) is 34.0 Å². The highest BCUT2D eigenvalue weighted by molar-refractivity contribution is 6.04. The Hall–Kier alpha value is -0.900. The summed E-state index contributed by atoms with van der Waals surface area (Å²) in [5.74, 6) is -0.328. The fraction of sp³-hybridized carbons (Fsp3) is 0.818. The van der Waals surface area contributed by atoms with Gasteiger partial charge in [0.25, 0.3) is 0 Å². The van der Waals surface area contributed by atoms with Crippen molar-refractivity contribution in [2.45, 2.75) is 45.8 Å². The van der Waals surface area contributed by atoms with E-state index in [2.05, 4.69) is 0 Å². The van der Waals surface area contributed by atoms with E-state index < -0.39 is 11.5 Å². The monoisotopic (exact) mass is 211 g/mol. The van der Waals surface area contributed by atoms with Crippen LogP contribution < -0.4 is 0 Å². The van der Waals surface area contributed by atoms with Gasteiger partial charge in [0.05, 0.1) is 18.1 Å². The zero-order valence-electron chi connectivity index (χ0n) is 9.36. The minimum atomic E-state index is -0.520. The molecule has 0 spiro atoms. The molecular weight excluding hydrogens is 194 g/mol. The Morgan fingerprint density at radius 3 is 2.53 bits per heavy atom. The van der Waals surface area contributed by atoms with Gasteiger partial charge in [-0.1, -0.05) is 20.8 Å². The number of aliphatic hydroxyl groups is 1. The number of likely N-dealkylation sites (tertiary alicyclic amines) is 1. The minimum Gasteiger partial charge on any atom is -0.393 e. The van der Waals surface area contributed by atoms with Crippen LogP contribution in [-0.2, 0) is 9.59 Å². The SMILES string of the molecule is CC(C)(C)C(=O)N1C(=O)C2CC(O)CC21. The Morgan fingerprint density at radius 2 is 2.00 bits per heavy atom. The molecule has 4 nitrogen and oxygen atoms in total. The van der Waals surface area contributed by atoms with Gasteiger partial charge in [-0.25, -0.2) is 0 Å². The second kappa shape index (κ2) is 3.04. The van der Waals surface area contributed by atoms with Crippen molar-refractivity contribution in [2.75, 3.05) is 0 Å². The van der Waals surface area contributed by atoms with E-state index in [0.29, 0.717) is 12.8 Å². The molecule has 2 amide bonds. The molecule has 0 aromatic heterocycles. The van der Waals surface area contributed by atoms with Gasteiger partial charge in [0.1, 0.15) is 0 Å². The summed E-state index contributed by atoms with van der Waals surface area (Å²) in [7, 11) is 0. The van der Waals surface area contributed by atoms with E-state index in [9.17, 15) is 14.7 Å². The molecule has 0 aromatic carbocycles. The molecule has 2 fully saturated rings. The summed E-state index contributed by atoms with van der Waals surface area (Å²) in [6.07, 6.45) is 0.664. The number of β-lactam (4-membered cyclic amide) rings is 1. The van der Waals surface area contributed by atoms with Crippen molar-refractivity contribution in [1.29, 1.82) is 0 Å². The van der Waals surface area contributed by atoms with Crippen LogP contribution >= 0.6 is 0 Å². The highest BCUT2D eigenvalue weighted by Gasteiger charge is 2.56. The van der Waals surface area contributed by atoms with Crippen LogP contribution in [0.3, 0.4) is 0 Å². The van der Waals surface area contributed by atoms with Crippen molar-refractivity contribution < 1.29 is 14.7 Å². The van der Waals surface area contributed by atoms with E-state index in [1.54, 1.807) is 20.8 Å². The predicted octanol–water partition coefficient (Wildman–Crippen LogP) is 0.541. The first kappa shape index (κ1) is 10.6. The van der Waals surface area contributed by atoms with Gasteiger partial charge >= 0.3 is 0 Å². The molecule has 0 bridgehead atoms. The Kier molecular flexibility index (Phi) is 2.15. The molecule has 0 radical (unpaired) electrons. The third kappa shape index (κ3) is 1.47.